The summed E-state index contributed by atoms with van der Waals surface area (Å²) in [4.78, 5) is 18.4. The second kappa shape index (κ2) is 6.75. The van der Waals surface area contributed by atoms with Crippen LogP contribution in [0.4, 0.5) is 4.39 Å². The summed E-state index contributed by atoms with van der Waals surface area (Å²) in [6.07, 6.45) is 4.16. The number of rotatable bonds is 3. The highest BCUT2D eigenvalue weighted by atomic mass is 19.1. The number of hydrogen-bond acceptors (Lipinski definition) is 3. The van der Waals surface area contributed by atoms with E-state index in [2.05, 4.69) is 16.9 Å². The maximum absolute atomic E-state index is 14.3. The van der Waals surface area contributed by atoms with Gasteiger partial charge in [-0.15, -0.1) is 0 Å². The van der Waals surface area contributed by atoms with Crippen molar-refractivity contribution in [3.05, 3.63) is 71.0 Å². The molecule has 0 radical (unpaired) electrons. The van der Waals surface area contributed by atoms with Crippen molar-refractivity contribution in [2.45, 2.75) is 12.3 Å². The molecule has 2 aromatic carbocycles. The van der Waals surface area contributed by atoms with Crippen LogP contribution in [0.25, 0.3) is 17.3 Å². The monoisotopic (exact) mass is 349 g/mol. The normalized spacial score (nSPS) is 18.3. The number of benzene rings is 2. The first kappa shape index (κ1) is 16.5. The quantitative estimate of drug-likeness (QED) is 0.861. The highest BCUT2D eigenvalue weighted by Crippen LogP contribution is 2.28. The molecule has 0 aromatic heterocycles. The lowest BCUT2D eigenvalue weighted by Gasteiger charge is -2.17. The zero-order valence-corrected chi connectivity index (χ0v) is 14.4. The summed E-state index contributed by atoms with van der Waals surface area (Å²) < 4.78 is 14.3. The van der Waals surface area contributed by atoms with Gasteiger partial charge in [-0.25, -0.2) is 4.39 Å². The van der Waals surface area contributed by atoms with Gasteiger partial charge in [-0.1, -0.05) is 24.8 Å². The fourth-order valence-electron chi connectivity index (χ4n) is 3.76. The predicted octanol–water partition coefficient (Wildman–Crippen LogP) is 1.91. The Hall–Kier alpha value is -2.95. The Kier molecular flexibility index (Phi) is 4.29. The molecule has 4 nitrogen and oxygen atoms in total. The lowest BCUT2D eigenvalue weighted by Crippen LogP contribution is -2.37. The van der Waals surface area contributed by atoms with Crippen molar-refractivity contribution in [2.24, 2.45) is 4.99 Å². The van der Waals surface area contributed by atoms with Crippen molar-refractivity contribution in [1.82, 2.24) is 10.2 Å². The van der Waals surface area contributed by atoms with Gasteiger partial charge in [0.25, 0.3) is 0 Å². The average molecular weight is 349 g/mol. The highest BCUT2D eigenvalue weighted by Gasteiger charge is 2.28. The molecule has 0 spiro atoms. The number of amides is 1. The molecule has 4 rings (SSSR count). The van der Waals surface area contributed by atoms with E-state index in [1.54, 1.807) is 12.1 Å². The second-order valence-corrected chi connectivity index (χ2v) is 6.62. The van der Waals surface area contributed by atoms with E-state index in [-0.39, 0.29) is 17.6 Å². The smallest absolute Gasteiger partial charge is 0.245 e. The van der Waals surface area contributed by atoms with Crippen molar-refractivity contribution in [1.29, 1.82) is 0 Å². The Balaban J connectivity index is 1.82. The summed E-state index contributed by atoms with van der Waals surface area (Å²) in [7, 11) is 0. The van der Waals surface area contributed by atoms with Gasteiger partial charge in [-0.2, -0.15) is 0 Å². The number of likely N-dealkylation sites (tertiary alicyclic amines) is 1. The van der Waals surface area contributed by atoms with Crippen LogP contribution in [-0.2, 0) is 4.79 Å². The molecule has 1 N–H and O–H groups in total. The fraction of sp³-hybridized carbons (Fsp3) is 0.238. The van der Waals surface area contributed by atoms with Crippen LogP contribution in [0.3, 0.4) is 0 Å². The van der Waals surface area contributed by atoms with Gasteiger partial charge in [0.15, 0.2) is 0 Å². The topological polar surface area (TPSA) is 44.7 Å². The average Bonchev–Trinajstić information content (AvgIpc) is 3.17. The van der Waals surface area contributed by atoms with E-state index in [0.29, 0.717) is 25.3 Å². The largest absolute Gasteiger partial charge is 0.372 e. The molecule has 1 unspecified atom stereocenters. The van der Waals surface area contributed by atoms with Crippen molar-refractivity contribution in [3.8, 4) is 11.1 Å². The standard InChI is InChI=1S/C21H20FN3O/c1-2-20(26)25-8-7-14(12-25)18-10-15(17-5-3-4-6-19(17)22)9-16-11-23-13-24-21(16)18/h2-6,9-11,14,23H,1,7-8,12-13H2. The summed E-state index contributed by atoms with van der Waals surface area (Å²) in [6, 6.07) is 10.8. The highest BCUT2D eigenvalue weighted by molar-refractivity contribution is 5.87. The van der Waals surface area contributed by atoms with Gasteiger partial charge in [0, 0.05) is 36.0 Å². The Labute approximate surface area is 151 Å². The number of hydrogen-bond donors (Lipinski definition) is 1. The Morgan fingerprint density at radius 2 is 2.19 bits per heavy atom. The van der Waals surface area contributed by atoms with Crippen LogP contribution in [0.5, 0.6) is 0 Å². The Morgan fingerprint density at radius 1 is 1.35 bits per heavy atom. The molecule has 1 atom stereocenters. The molecule has 2 aliphatic rings. The molecule has 0 bridgehead atoms. The molecule has 2 aliphatic heterocycles. The van der Waals surface area contributed by atoms with Gasteiger partial charge < -0.3 is 10.2 Å². The van der Waals surface area contributed by atoms with Crippen LogP contribution < -0.4 is 15.9 Å². The van der Waals surface area contributed by atoms with Gasteiger partial charge in [0.1, 0.15) is 12.5 Å². The lowest BCUT2D eigenvalue weighted by atomic mass is 9.92. The molecule has 26 heavy (non-hydrogen) atoms. The second-order valence-electron chi connectivity index (χ2n) is 6.62. The van der Waals surface area contributed by atoms with Gasteiger partial charge in [0.05, 0.1) is 5.36 Å². The SMILES string of the molecule is C=CC(=O)N1CCC(c2cc(-c3ccccc3F)cc3c2=NCNC=3)C1. The van der Waals surface area contributed by atoms with Crippen molar-refractivity contribution < 1.29 is 9.18 Å². The third kappa shape index (κ3) is 2.90. The number of carbonyl (C=O) groups excluding carboxylic acids is 1. The molecule has 0 aliphatic carbocycles. The van der Waals surface area contributed by atoms with Crippen molar-refractivity contribution in [3.63, 3.8) is 0 Å². The van der Waals surface area contributed by atoms with E-state index in [0.717, 1.165) is 28.1 Å². The molecule has 2 heterocycles. The molecule has 1 amide bonds. The van der Waals surface area contributed by atoms with Gasteiger partial charge >= 0.3 is 0 Å². The number of halogens is 1. The zero-order chi connectivity index (χ0) is 18.1. The summed E-state index contributed by atoms with van der Waals surface area (Å²) in [5, 5.41) is 5.03. The van der Waals surface area contributed by atoms with E-state index in [1.807, 2.05) is 29.3 Å². The third-order valence-electron chi connectivity index (χ3n) is 5.05. The minimum absolute atomic E-state index is 0.0446. The maximum atomic E-state index is 14.3. The van der Waals surface area contributed by atoms with Crippen LogP contribution in [0.15, 0.2) is 54.0 Å². The number of carbonyl (C=O) groups is 1. The molecule has 1 fully saturated rings. The fourth-order valence-corrected chi connectivity index (χ4v) is 3.76. The summed E-state index contributed by atoms with van der Waals surface area (Å²) in [5.74, 6) is -0.0968. The van der Waals surface area contributed by atoms with Crippen molar-refractivity contribution >= 4 is 12.1 Å². The number of nitrogens with zero attached hydrogens (tertiary/aromatic N) is 2. The third-order valence-corrected chi connectivity index (χ3v) is 5.05. The Bertz CT molecular complexity index is 999. The van der Waals surface area contributed by atoms with Crippen molar-refractivity contribution in [2.75, 3.05) is 19.8 Å². The molecule has 5 heteroatoms. The number of fused-ring (bicyclic) bond motifs is 1. The summed E-state index contributed by atoms with van der Waals surface area (Å²) in [6.45, 7) is 5.45. The lowest BCUT2D eigenvalue weighted by molar-refractivity contribution is -0.125. The predicted molar refractivity (Wildman–Crippen MR) is 99.2 cm³/mol. The molecule has 1 saturated heterocycles. The summed E-state index contributed by atoms with van der Waals surface area (Å²) in [5.41, 5.74) is 2.49. The van der Waals surface area contributed by atoms with Crippen LogP contribution in [0, 0.1) is 5.82 Å². The minimum atomic E-state index is -0.242. The zero-order valence-electron chi connectivity index (χ0n) is 14.4. The van der Waals surface area contributed by atoms with Crippen LogP contribution in [-0.4, -0.2) is 30.6 Å². The van der Waals surface area contributed by atoms with E-state index in [4.69, 9.17) is 0 Å². The molecular formula is C21H20FN3O. The first-order valence-electron chi connectivity index (χ1n) is 8.75. The Morgan fingerprint density at radius 3 is 3.00 bits per heavy atom. The van der Waals surface area contributed by atoms with Crippen LogP contribution >= 0.6 is 0 Å². The minimum Gasteiger partial charge on any atom is -0.372 e. The first-order valence-corrected chi connectivity index (χ1v) is 8.75. The number of nitrogens with one attached hydrogen (secondary N) is 1. The molecular weight excluding hydrogens is 329 g/mol. The van der Waals surface area contributed by atoms with E-state index >= 15 is 0 Å². The van der Waals surface area contributed by atoms with Gasteiger partial charge in [0.2, 0.25) is 5.91 Å². The molecule has 2 aromatic rings. The van der Waals surface area contributed by atoms with Crippen LogP contribution in [0.1, 0.15) is 17.9 Å². The van der Waals surface area contributed by atoms with Gasteiger partial charge in [-0.3, -0.25) is 9.79 Å². The van der Waals surface area contributed by atoms with Crippen LogP contribution in [0.2, 0.25) is 0 Å². The maximum Gasteiger partial charge on any atom is 0.245 e. The van der Waals surface area contributed by atoms with E-state index in [1.165, 1.54) is 12.1 Å². The first-order chi connectivity index (χ1) is 12.7. The molecule has 132 valence electrons. The van der Waals surface area contributed by atoms with Gasteiger partial charge in [-0.05, 0) is 41.8 Å². The van der Waals surface area contributed by atoms with E-state index in [9.17, 15) is 9.18 Å². The van der Waals surface area contributed by atoms with E-state index < -0.39 is 0 Å². The molecule has 0 saturated carbocycles. The summed E-state index contributed by atoms with van der Waals surface area (Å²) >= 11 is 0.